The largest absolute Gasteiger partial charge is 0.328 e. The fourth-order valence-electron chi connectivity index (χ4n) is 5.60. The molecule has 3 heterocycles. The lowest BCUT2D eigenvalue weighted by Gasteiger charge is -2.33. The van der Waals surface area contributed by atoms with Crippen LogP contribution in [0.4, 0.5) is 5.69 Å². The zero-order chi connectivity index (χ0) is 27.2. The van der Waals surface area contributed by atoms with Gasteiger partial charge in [-0.15, -0.1) is 0 Å². The van der Waals surface area contributed by atoms with Gasteiger partial charge in [-0.25, -0.2) is 0 Å². The molecule has 3 amide bonds. The molecular weight excluding hydrogens is 546 g/mol. The zero-order valence-corrected chi connectivity index (χ0v) is 23.0. The van der Waals surface area contributed by atoms with Gasteiger partial charge >= 0.3 is 0 Å². The molecule has 0 aliphatic carbocycles. The van der Waals surface area contributed by atoms with Gasteiger partial charge in [0.25, 0.3) is 5.91 Å². The molecule has 8 nitrogen and oxygen atoms in total. The smallest absolute Gasteiger partial charge is 0.272 e. The van der Waals surface area contributed by atoms with E-state index in [1.165, 1.54) is 9.80 Å². The van der Waals surface area contributed by atoms with Gasteiger partial charge in [-0.2, -0.15) is 5.26 Å². The average molecular weight is 574 g/mol. The average Bonchev–Trinajstić information content (AvgIpc) is 3.43. The number of nitriles is 1. The highest BCUT2D eigenvalue weighted by atomic mass is 79.9. The number of halogens is 1. The Kier molecular flexibility index (Phi) is 6.70. The maximum Gasteiger partial charge on any atom is 0.272 e. The Bertz CT molecular complexity index is 1500. The summed E-state index contributed by atoms with van der Waals surface area (Å²) in [4.78, 5) is 48.1. The van der Waals surface area contributed by atoms with Gasteiger partial charge in [0.15, 0.2) is 0 Å². The van der Waals surface area contributed by atoms with Gasteiger partial charge in [-0.3, -0.25) is 19.4 Å². The Morgan fingerprint density at radius 2 is 2.00 bits per heavy atom. The van der Waals surface area contributed by atoms with Gasteiger partial charge in [-0.1, -0.05) is 54.0 Å². The highest BCUT2D eigenvalue weighted by Gasteiger charge is 2.56. The van der Waals surface area contributed by atoms with Gasteiger partial charge in [0.1, 0.15) is 17.8 Å². The van der Waals surface area contributed by atoms with Crippen LogP contribution in [0.15, 0.2) is 59.2 Å². The Morgan fingerprint density at radius 1 is 1.24 bits per heavy atom. The molecule has 0 saturated carbocycles. The topological polar surface area (TPSA) is 106 Å². The van der Waals surface area contributed by atoms with Crippen LogP contribution in [0.2, 0.25) is 0 Å². The van der Waals surface area contributed by atoms with Crippen molar-refractivity contribution in [2.45, 2.75) is 44.2 Å². The summed E-state index contributed by atoms with van der Waals surface area (Å²) in [6, 6.07) is 15.5. The molecule has 0 bridgehead atoms. The van der Waals surface area contributed by atoms with Crippen LogP contribution in [0.3, 0.4) is 0 Å². The maximum absolute atomic E-state index is 14.1. The monoisotopic (exact) mass is 573 g/mol. The lowest BCUT2D eigenvalue weighted by atomic mass is 9.80. The molecule has 2 aliphatic heterocycles. The van der Waals surface area contributed by atoms with E-state index in [0.717, 1.165) is 20.8 Å². The van der Waals surface area contributed by atoms with E-state index in [9.17, 15) is 19.6 Å². The molecule has 3 atom stereocenters. The molecule has 1 aromatic heterocycles. The molecule has 1 spiro atoms. The SMILES string of the molecule is CC(C)C[C@@H](C(=O)N1C[C@]2(C[C@H]1C#N)C(=O)Nc1ccccc12)N(C)C(=O)c1cc2ccc(Br)cc2cn1. The third-order valence-electron chi connectivity index (χ3n) is 7.59. The number of para-hydroxylation sites is 1. The number of fused-ring (bicyclic) bond motifs is 3. The summed E-state index contributed by atoms with van der Waals surface area (Å²) in [5.74, 6) is -0.806. The second kappa shape index (κ2) is 9.84. The van der Waals surface area contributed by atoms with Crippen molar-refractivity contribution in [3.05, 3.63) is 70.5 Å². The van der Waals surface area contributed by atoms with Crippen molar-refractivity contribution in [3.63, 3.8) is 0 Å². The Labute approximate surface area is 229 Å². The molecule has 2 aliphatic rings. The van der Waals surface area contributed by atoms with E-state index >= 15 is 0 Å². The molecule has 3 aromatic rings. The van der Waals surface area contributed by atoms with Gasteiger partial charge < -0.3 is 15.1 Å². The number of carbonyl (C=O) groups excluding carboxylic acids is 3. The number of hydrogen-bond acceptors (Lipinski definition) is 5. The summed E-state index contributed by atoms with van der Waals surface area (Å²) in [6.45, 7) is 4.06. The van der Waals surface area contributed by atoms with E-state index in [4.69, 9.17) is 0 Å². The first kappa shape index (κ1) is 25.9. The number of hydrogen-bond donors (Lipinski definition) is 1. The number of pyridine rings is 1. The van der Waals surface area contributed by atoms with E-state index in [-0.39, 0.29) is 42.3 Å². The fraction of sp³-hybridized carbons (Fsp3) is 0.345. The zero-order valence-electron chi connectivity index (χ0n) is 21.4. The summed E-state index contributed by atoms with van der Waals surface area (Å²) in [6.07, 6.45) is 2.27. The Balaban J connectivity index is 1.45. The predicted octanol–water partition coefficient (Wildman–Crippen LogP) is 4.50. The summed E-state index contributed by atoms with van der Waals surface area (Å²) in [5, 5.41) is 14.7. The van der Waals surface area contributed by atoms with Crippen LogP contribution in [0, 0.1) is 17.2 Å². The lowest BCUT2D eigenvalue weighted by Crippen LogP contribution is -2.52. The van der Waals surface area contributed by atoms with Crippen molar-refractivity contribution in [1.82, 2.24) is 14.8 Å². The normalized spacial score (nSPS) is 20.9. The highest BCUT2D eigenvalue weighted by molar-refractivity contribution is 9.10. The molecule has 0 radical (unpaired) electrons. The van der Waals surface area contributed by atoms with Crippen molar-refractivity contribution < 1.29 is 14.4 Å². The van der Waals surface area contributed by atoms with Crippen LogP contribution in [-0.4, -0.2) is 58.2 Å². The minimum absolute atomic E-state index is 0.0899. The molecule has 2 aromatic carbocycles. The highest BCUT2D eigenvalue weighted by Crippen LogP contribution is 2.46. The molecule has 1 saturated heterocycles. The Morgan fingerprint density at radius 3 is 2.74 bits per heavy atom. The number of nitrogens with zero attached hydrogens (tertiary/aromatic N) is 4. The number of rotatable bonds is 5. The number of aromatic nitrogens is 1. The molecule has 194 valence electrons. The van der Waals surface area contributed by atoms with Crippen LogP contribution in [0.1, 0.15) is 42.7 Å². The molecule has 1 fully saturated rings. The first-order valence-corrected chi connectivity index (χ1v) is 13.4. The van der Waals surface area contributed by atoms with Gasteiger partial charge in [0.2, 0.25) is 11.8 Å². The van der Waals surface area contributed by atoms with Crippen molar-refractivity contribution in [1.29, 1.82) is 5.26 Å². The minimum Gasteiger partial charge on any atom is -0.328 e. The second-order valence-electron chi connectivity index (χ2n) is 10.5. The maximum atomic E-state index is 14.1. The molecular formula is C29H28BrN5O3. The number of likely N-dealkylation sites (tertiary alicyclic amines) is 1. The van der Waals surface area contributed by atoms with Crippen molar-refractivity contribution in [2.75, 3.05) is 18.9 Å². The van der Waals surface area contributed by atoms with Crippen LogP contribution < -0.4 is 5.32 Å². The number of benzene rings is 2. The van der Waals surface area contributed by atoms with Crippen molar-refractivity contribution in [2.24, 2.45) is 5.92 Å². The first-order chi connectivity index (χ1) is 18.1. The molecule has 5 rings (SSSR count). The molecule has 9 heteroatoms. The summed E-state index contributed by atoms with van der Waals surface area (Å²) >= 11 is 3.45. The first-order valence-electron chi connectivity index (χ1n) is 12.6. The van der Waals surface area contributed by atoms with E-state index in [2.05, 4.69) is 32.3 Å². The van der Waals surface area contributed by atoms with Crippen LogP contribution in [0.5, 0.6) is 0 Å². The quantitative estimate of drug-likeness (QED) is 0.483. The van der Waals surface area contributed by atoms with E-state index in [1.54, 1.807) is 19.3 Å². The fourth-order valence-corrected chi connectivity index (χ4v) is 5.98. The van der Waals surface area contributed by atoms with Crippen molar-refractivity contribution >= 4 is 50.1 Å². The van der Waals surface area contributed by atoms with Gasteiger partial charge in [0.05, 0.1) is 11.5 Å². The number of carbonyl (C=O) groups is 3. The van der Waals surface area contributed by atoms with Crippen molar-refractivity contribution in [3.8, 4) is 6.07 Å². The van der Waals surface area contributed by atoms with Crippen LogP contribution in [0.25, 0.3) is 10.8 Å². The summed E-state index contributed by atoms with van der Waals surface area (Å²) < 4.78 is 0.916. The summed E-state index contributed by atoms with van der Waals surface area (Å²) in [7, 11) is 1.60. The lowest BCUT2D eigenvalue weighted by molar-refractivity contribution is -0.136. The molecule has 0 unspecified atom stereocenters. The standard InChI is InChI=1S/C29H28BrN5O3/c1-17(2)10-25(34(3)26(36)24-12-18-8-9-20(30)11-19(18)15-32-24)27(37)35-16-29(13-21(35)14-31)22-6-4-5-7-23(22)33-28(29)38/h4-9,11-12,15,17,21,25H,10,13,16H2,1-3H3,(H,33,38)/t21-,25-,29-/m0/s1. The second-order valence-corrected chi connectivity index (χ2v) is 11.4. The molecule has 38 heavy (non-hydrogen) atoms. The van der Waals surface area contributed by atoms with E-state index in [1.807, 2.05) is 56.3 Å². The summed E-state index contributed by atoms with van der Waals surface area (Å²) in [5.41, 5.74) is 0.773. The number of nitrogens with one attached hydrogen (secondary N) is 1. The minimum atomic E-state index is -0.980. The van der Waals surface area contributed by atoms with Crippen LogP contribution >= 0.6 is 15.9 Å². The van der Waals surface area contributed by atoms with Crippen LogP contribution in [-0.2, 0) is 15.0 Å². The number of anilines is 1. The Hall–Kier alpha value is -3.77. The third kappa shape index (κ3) is 4.33. The van der Waals surface area contributed by atoms with Gasteiger partial charge in [0, 0.05) is 41.8 Å². The van der Waals surface area contributed by atoms with E-state index < -0.39 is 17.5 Å². The number of likely N-dealkylation sites (N-methyl/N-ethyl adjacent to an activating group) is 1. The van der Waals surface area contributed by atoms with Gasteiger partial charge in [-0.05, 0) is 47.6 Å². The predicted molar refractivity (Wildman–Crippen MR) is 147 cm³/mol. The number of amides is 3. The molecule has 1 N–H and O–H groups in total. The van der Waals surface area contributed by atoms with E-state index in [0.29, 0.717) is 12.1 Å². The third-order valence-corrected chi connectivity index (χ3v) is 8.08.